The third kappa shape index (κ3) is 6.38. The molecule has 4 N–H and O–H groups in total. The van der Waals surface area contributed by atoms with Crippen LogP contribution in [-0.2, 0) is 11.3 Å². The molecule has 0 bridgehead atoms. The number of hydrogen-bond acceptors (Lipinski definition) is 4. The lowest BCUT2D eigenvalue weighted by Gasteiger charge is -2.09. The van der Waals surface area contributed by atoms with Gasteiger partial charge in [-0.05, 0) is 35.9 Å². The van der Waals surface area contributed by atoms with Crippen molar-refractivity contribution < 1.29 is 27.9 Å². The van der Waals surface area contributed by atoms with Crippen LogP contribution >= 0.6 is 0 Å². The fraction of sp³-hybridized carbons (Fsp3) is 0.167. The van der Waals surface area contributed by atoms with Crippen molar-refractivity contribution in [2.24, 2.45) is 5.73 Å². The first-order valence-corrected chi connectivity index (χ1v) is 7.83. The summed E-state index contributed by atoms with van der Waals surface area (Å²) in [6, 6.07) is 11.8. The maximum atomic E-state index is 12.2. The van der Waals surface area contributed by atoms with E-state index in [1.54, 1.807) is 12.1 Å². The number of hydrogen-bond donors (Lipinski definition) is 3. The monoisotopic (exact) mass is 377 g/mol. The molecular weight excluding hydrogens is 360 g/mol. The fourth-order valence-corrected chi connectivity index (χ4v) is 2.14. The van der Waals surface area contributed by atoms with Crippen molar-refractivity contribution in [3.05, 3.63) is 65.2 Å². The van der Waals surface area contributed by atoms with Crippen molar-refractivity contribution in [3.63, 3.8) is 0 Å². The second kappa shape index (κ2) is 9.27. The topological polar surface area (TPSA) is 111 Å². The SMILES string of the molecule is NC(=O)CNC(=O)c1ccc(CNC(=O)c2cccc(OC(F)F)c2)cc1. The van der Waals surface area contributed by atoms with Crippen LogP contribution in [0.2, 0.25) is 0 Å². The quantitative estimate of drug-likeness (QED) is 0.646. The predicted molar refractivity (Wildman–Crippen MR) is 92.2 cm³/mol. The molecule has 2 rings (SSSR count). The smallest absolute Gasteiger partial charge is 0.387 e. The first-order valence-electron chi connectivity index (χ1n) is 7.83. The van der Waals surface area contributed by atoms with Gasteiger partial charge in [0.05, 0.1) is 6.54 Å². The van der Waals surface area contributed by atoms with Crippen molar-refractivity contribution in [2.75, 3.05) is 6.54 Å². The minimum absolute atomic E-state index is 0.107. The van der Waals surface area contributed by atoms with Crippen LogP contribution in [-0.4, -0.2) is 30.9 Å². The third-order valence-electron chi connectivity index (χ3n) is 3.41. The van der Waals surface area contributed by atoms with Crippen LogP contribution < -0.4 is 21.1 Å². The molecule has 0 saturated heterocycles. The number of amides is 3. The minimum atomic E-state index is -2.97. The largest absolute Gasteiger partial charge is 0.435 e. The fourth-order valence-electron chi connectivity index (χ4n) is 2.14. The summed E-state index contributed by atoms with van der Waals surface area (Å²) in [7, 11) is 0. The van der Waals surface area contributed by atoms with E-state index in [0.29, 0.717) is 5.56 Å². The van der Waals surface area contributed by atoms with Gasteiger partial charge in [0, 0.05) is 17.7 Å². The van der Waals surface area contributed by atoms with E-state index in [1.165, 1.54) is 36.4 Å². The molecule has 0 atom stereocenters. The molecule has 9 heteroatoms. The first-order chi connectivity index (χ1) is 12.8. The van der Waals surface area contributed by atoms with Crippen LogP contribution in [0.4, 0.5) is 8.78 Å². The minimum Gasteiger partial charge on any atom is -0.435 e. The van der Waals surface area contributed by atoms with E-state index >= 15 is 0 Å². The Labute approximate surface area is 153 Å². The van der Waals surface area contributed by atoms with Crippen LogP contribution in [0, 0.1) is 0 Å². The van der Waals surface area contributed by atoms with E-state index < -0.39 is 24.3 Å². The molecule has 0 aliphatic rings. The van der Waals surface area contributed by atoms with Crippen molar-refractivity contribution in [2.45, 2.75) is 13.2 Å². The number of carbonyl (C=O) groups is 3. The highest BCUT2D eigenvalue weighted by atomic mass is 19.3. The molecule has 0 unspecified atom stereocenters. The molecular formula is C18H17F2N3O4. The number of ether oxygens (including phenoxy) is 1. The number of alkyl halides is 2. The Hall–Kier alpha value is -3.49. The van der Waals surface area contributed by atoms with Gasteiger partial charge >= 0.3 is 6.61 Å². The number of carbonyl (C=O) groups excluding carboxylic acids is 3. The van der Waals surface area contributed by atoms with Gasteiger partial charge in [0.25, 0.3) is 11.8 Å². The van der Waals surface area contributed by atoms with Gasteiger partial charge in [-0.1, -0.05) is 18.2 Å². The van der Waals surface area contributed by atoms with Crippen LogP contribution in [0.5, 0.6) is 5.75 Å². The van der Waals surface area contributed by atoms with E-state index in [-0.39, 0.29) is 24.4 Å². The predicted octanol–water partition coefficient (Wildman–Crippen LogP) is 1.43. The molecule has 0 heterocycles. The van der Waals surface area contributed by atoms with Gasteiger partial charge in [-0.3, -0.25) is 14.4 Å². The maximum Gasteiger partial charge on any atom is 0.387 e. The molecule has 7 nitrogen and oxygen atoms in total. The van der Waals surface area contributed by atoms with E-state index in [2.05, 4.69) is 15.4 Å². The number of rotatable bonds is 8. The van der Waals surface area contributed by atoms with Gasteiger partial charge in [-0.25, -0.2) is 0 Å². The highest BCUT2D eigenvalue weighted by molar-refractivity contribution is 5.96. The normalized spacial score (nSPS) is 10.3. The standard InChI is InChI=1S/C18H17F2N3O4/c19-18(20)27-14-3-1-2-13(8-14)17(26)22-9-11-4-6-12(7-5-11)16(25)23-10-15(21)24/h1-8,18H,9-10H2,(H2,21,24)(H,22,26)(H,23,25). The summed E-state index contributed by atoms with van der Waals surface area (Å²) in [6.07, 6.45) is 0. The Bertz CT molecular complexity index is 826. The van der Waals surface area contributed by atoms with Gasteiger partial charge in [-0.2, -0.15) is 8.78 Å². The second-order valence-corrected chi connectivity index (χ2v) is 5.43. The summed E-state index contributed by atoms with van der Waals surface area (Å²) in [5, 5.41) is 5.00. The van der Waals surface area contributed by atoms with E-state index in [4.69, 9.17) is 5.73 Å². The van der Waals surface area contributed by atoms with Gasteiger partial charge in [0.2, 0.25) is 5.91 Å². The summed E-state index contributed by atoms with van der Waals surface area (Å²) in [4.78, 5) is 34.5. The molecule has 0 aliphatic heterocycles. The highest BCUT2D eigenvalue weighted by Gasteiger charge is 2.10. The molecule has 142 valence electrons. The molecule has 0 fully saturated rings. The molecule has 0 aromatic heterocycles. The molecule has 27 heavy (non-hydrogen) atoms. The van der Waals surface area contributed by atoms with Crippen LogP contribution in [0.15, 0.2) is 48.5 Å². The number of primary amides is 1. The zero-order valence-corrected chi connectivity index (χ0v) is 14.1. The summed E-state index contributed by atoms with van der Waals surface area (Å²) >= 11 is 0. The average molecular weight is 377 g/mol. The Kier molecular flexibility index (Phi) is 6.81. The number of halogens is 2. The summed E-state index contributed by atoms with van der Waals surface area (Å²) < 4.78 is 28.7. The van der Waals surface area contributed by atoms with E-state index in [0.717, 1.165) is 5.56 Å². The van der Waals surface area contributed by atoms with E-state index in [9.17, 15) is 23.2 Å². The lowest BCUT2D eigenvalue weighted by Crippen LogP contribution is -2.33. The highest BCUT2D eigenvalue weighted by Crippen LogP contribution is 2.16. The molecule has 3 amide bonds. The lowest BCUT2D eigenvalue weighted by atomic mass is 10.1. The van der Waals surface area contributed by atoms with Crippen molar-refractivity contribution in [1.82, 2.24) is 10.6 Å². The Balaban J connectivity index is 1.91. The molecule has 2 aromatic rings. The molecule has 0 aliphatic carbocycles. The number of benzene rings is 2. The Morgan fingerprint density at radius 3 is 2.26 bits per heavy atom. The van der Waals surface area contributed by atoms with Crippen molar-refractivity contribution in [1.29, 1.82) is 0 Å². The number of nitrogens with one attached hydrogen (secondary N) is 2. The lowest BCUT2D eigenvalue weighted by molar-refractivity contribution is -0.117. The van der Waals surface area contributed by atoms with Crippen molar-refractivity contribution >= 4 is 17.7 Å². The molecule has 0 saturated carbocycles. The van der Waals surface area contributed by atoms with Crippen LogP contribution in [0.1, 0.15) is 26.3 Å². The number of nitrogens with two attached hydrogens (primary N) is 1. The molecule has 0 radical (unpaired) electrons. The van der Waals surface area contributed by atoms with Crippen molar-refractivity contribution in [3.8, 4) is 5.75 Å². The van der Waals surface area contributed by atoms with E-state index in [1.807, 2.05) is 0 Å². The maximum absolute atomic E-state index is 12.2. The van der Waals surface area contributed by atoms with Crippen LogP contribution in [0.25, 0.3) is 0 Å². The molecule has 2 aromatic carbocycles. The zero-order chi connectivity index (χ0) is 19.8. The summed E-state index contributed by atoms with van der Waals surface area (Å²) in [6.45, 7) is -3.06. The molecule has 0 spiro atoms. The third-order valence-corrected chi connectivity index (χ3v) is 3.41. The van der Waals surface area contributed by atoms with Gasteiger partial charge in [0.15, 0.2) is 0 Å². The second-order valence-electron chi connectivity index (χ2n) is 5.43. The summed E-state index contributed by atoms with van der Waals surface area (Å²) in [5.41, 5.74) is 6.18. The Morgan fingerprint density at radius 2 is 1.63 bits per heavy atom. The van der Waals surface area contributed by atoms with Gasteiger partial charge in [0.1, 0.15) is 5.75 Å². The Morgan fingerprint density at radius 1 is 0.963 bits per heavy atom. The van der Waals surface area contributed by atoms with Crippen LogP contribution in [0.3, 0.4) is 0 Å². The first kappa shape index (κ1) is 19.8. The van der Waals surface area contributed by atoms with Gasteiger partial charge < -0.3 is 21.1 Å². The zero-order valence-electron chi connectivity index (χ0n) is 14.1. The average Bonchev–Trinajstić information content (AvgIpc) is 2.64. The summed E-state index contributed by atoms with van der Waals surface area (Å²) in [5.74, 6) is -1.66. The van der Waals surface area contributed by atoms with Gasteiger partial charge in [-0.15, -0.1) is 0 Å².